The summed E-state index contributed by atoms with van der Waals surface area (Å²) in [4.78, 5) is 22.7. The monoisotopic (exact) mass is 371 g/mol. The van der Waals surface area contributed by atoms with Crippen molar-refractivity contribution in [3.8, 4) is 5.69 Å². The molecule has 0 saturated carbocycles. The first-order valence-electron chi connectivity index (χ1n) is 9.63. The van der Waals surface area contributed by atoms with E-state index in [0.717, 1.165) is 31.5 Å². The lowest BCUT2D eigenvalue weighted by molar-refractivity contribution is 0.651. The van der Waals surface area contributed by atoms with Gasteiger partial charge in [-0.3, -0.25) is 9.78 Å². The molecule has 4 aromatic rings. The molecule has 6 heteroatoms. The fourth-order valence-corrected chi connectivity index (χ4v) is 4.01. The number of aromatic amines is 1. The minimum absolute atomic E-state index is 0.146. The van der Waals surface area contributed by atoms with Crippen molar-refractivity contribution in [1.29, 1.82) is 0 Å². The highest BCUT2D eigenvalue weighted by molar-refractivity contribution is 5.76. The molecule has 0 amide bonds. The molecule has 1 aliphatic rings. The van der Waals surface area contributed by atoms with Crippen molar-refractivity contribution in [1.82, 2.24) is 19.7 Å². The van der Waals surface area contributed by atoms with E-state index < -0.39 is 0 Å². The molecule has 1 N–H and O–H groups in total. The van der Waals surface area contributed by atoms with Crippen molar-refractivity contribution in [3.63, 3.8) is 0 Å². The number of para-hydroxylation sites is 1. The number of anilines is 1. The molecule has 2 aromatic heterocycles. The fourth-order valence-electron chi connectivity index (χ4n) is 4.01. The van der Waals surface area contributed by atoms with Crippen LogP contribution in [0, 0.1) is 0 Å². The van der Waals surface area contributed by atoms with Crippen LogP contribution >= 0.6 is 0 Å². The van der Waals surface area contributed by atoms with Crippen molar-refractivity contribution < 1.29 is 0 Å². The molecule has 2 aromatic carbocycles. The van der Waals surface area contributed by atoms with Gasteiger partial charge < -0.3 is 4.90 Å². The van der Waals surface area contributed by atoms with Crippen LogP contribution in [0.1, 0.15) is 18.4 Å². The number of hydrogen-bond donors (Lipinski definition) is 1. The van der Waals surface area contributed by atoms with Crippen molar-refractivity contribution in [2.45, 2.75) is 25.3 Å². The number of benzene rings is 2. The second-order valence-electron chi connectivity index (χ2n) is 7.20. The van der Waals surface area contributed by atoms with Gasteiger partial charge in [-0.15, -0.1) is 0 Å². The fraction of sp³-hybridized carbons (Fsp3) is 0.227. The van der Waals surface area contributed by atoms with E-state index in [2.05, 4.69) is 39.2 Å². The van der Waals surface area contributed by atoms with Crippen LogP contribution in [0.4, 0.5) is 5.95 Å². The smallest absolute Gasteiger partial charge is 0.263 e. The summed E-state index contributed by atoms with van der Waals surface area (Å²) in [6.07, 6.45) is 4.72. The van der Waals surface area contributed by atoms with Crippen LogP contribution in [0.3, 0.4) is 0 Å². The topological polar surface area (TPSA) is 66.8 Å². The van der Waals surface area contributed by atoms with Gasteiger partial charge in [-0.2, -0.15) is 10.1 Å². The molecule has 1 saturated heterocycles. The number of H-pyrrole nitrogens is 1. The molecule has 1 unspecified atom stereocenters. The first kappa shape index (κ1) is 16.7. The summed E-state index contributed by atoms with van der Waals surface area (Å²) in [6.45, 7) is 0.894. The molecule has 3 heterocycles. The second-order valence-corrected chi connectivity index (χ2v) is 7.20. The van der Waals surface area contributed by atoms with Gasteiger partial charge in [0.05, 0.1) is 11.9 Å². The Kier molecular flexibility index (Phi) is 4.16. The second kappa shape index (κ2) is 6.96. The predicted octanol–water partition coefficient (Wildman–Crippen LogP) is 3.32. The van der Waals surface area contributed by atoms with Crippen molar-refractivity contribution in [3.05, 3.63) is 82.8 Å². The average molecular weight is 371 g/mol. The van der Waals surface area contributed by atoms with E-state index in [4.69, 9.17) is 4.98 Å². The van der Waals surface area contributed by atoms with Gasteiger partial charge in [-0.25, -0.2) is 4.68 Å². The standard InChI is InChI=1S/C22H21N5O/c28-21-19-15-23-27(17-10-5-2-6-11-17)20(19)24-22(25-21)26-13-7-12-18(26)14-16-8-3-1-4-9-16/h1-6,8-11,15,18H,7,12-14H2,(H,24,25,28). The molecular weight excluding hydrogens is 350 g/mol. The van der Waals surface area contributed by atoms with Gasteiger partial charge in [0.2, 0.25) is 5.95 Å². The summed E-state index contributed by atoms with van der Waals surface area (Å²) in [5.41, 5.74) is 2.64. The molecular formula is C22H21N5O. The largest absolute Gasteiger partial charge is 0.339 e. The van der Waals surface area contributed by atoms with E-state index in [1.54, 1.807) is 10.9 Å². The zero-order valence-electron chi connectivity index (χ0n) is 15.5. The van der Waals surface area contributed by atoms with E-state index in [0.29, 0.717) is 23.0 Å². The van der Waals surface area contributed by atoms with Crippen molar-refractivity contribution >= 4 is 17.0 Å². The SMILES string of the molecule is O=c1[nH]c(N2CCCC2Cc2ccccc2)nc2c1cnn2-c1ccccc1. The molecule has 1 atom stereocenters. The number of hydrogen-bond acceptors (Lipinski definition) is 4. The summed E-state index contributed by atoms with van der Waals surface area (Å²) < 4.78 is 1.73. The summed E-state index contributed by atoms with van der Waals surface area (Å²) in [6, 6.07) is 20.6. The van der Waals surface area contributed by atoms with Gasteiger partial charge in [-0.1, -0.05) is 48.5 Å². The van der Waals surface area contributed by atoms with Gasteiger partial charge in [0.15, 0.2) is 5.65 Å². The third kappa shape index (κ3) is 2.97. The van der Waals surface area contributed by atoms with Crippen LogP contribution < -0.4 is 10.5 Å². The number of aromatic nitrogens is 4. The number of nitrogens with zero attached hydrogens (tertiary/aromatic N) is 4. The van der Waals surface area contributed by atoms with Gasteiger partial charge in [0.25, 0.3) is 5.56 Å². The van der Waals surface area contributed by atoms with E-state index in [-0.39, 0.29) is 5.56 Å². The zero-order valence-corrected chi connectivity index (χ0v) is 15.5. The summed E-state index contributed by atoms with van der Waals surface area (Å²) in [7, 11) is 0. The summed E-state index contributed by atoms with van der Waals surface area (Å²) in [5, 5.41) is 4.90. The van der Waals surface area contributed by atoms with Crippen LogP contribution in [0.5, 0.6) is 0 Å². The Bertz CT molecular complexity index is 1150. The van der Waals surface area contributed by atoms with E-state index in [9.17, 15) is 4.79 Å². The molecule has 28 heavy (non-hydrogen) atoms. The maximum Gasteiger partial charge on any atom is 0.263 e. The Morgan fingerprint density at radius 2 is 1.79 bits per heavy atom. The number of rotatable bonds is 4. The van der Waals surface area contributed by atoms with Gasteiger partial charge >= 0.3 is 0 Å². The lowest BCUT2D eigenvalue weighted by atomic mass is 10.0. The third-order valence-corrected chi connectivity index (χ3v) is 5.39. The maximum atomic E-state index is 12.7. The summed E-state index contributed by atoms with van der Waals surface area (Å²) >= 11 is 0. The minimum Gasteiger partial charge on any atom is -0.339 e. The Balaban J connectivity index is 1.54. The lowest BCUT2D eigenvalue weighted by Gasteiger charge is -2.25. The minimum atomic E-state index is -0.146. The normalized spacial score (nSPS) is 16.7. The van der Waals surface area contributed by atoms with Gasteiger partial charge in [0.1, 0.15) is 5.39 Å². The molecule has 1 fully saturated rings. The van der Waals surface area contributed by atoms with Crippen LogP contribution in [0.2, 0.25) is 0 Å². The number of fused-ring (bicyclic) bond motifs is 1. The first-order valence-corrected chi connectivity index (χ1v) is 9.63. The molecule has 140 valence electrons. The van der Waals surface area contributed by atoms with Crippen LogP contribution in [-0.4, -0.2) is 32.3 Å². The lowest BCUT2D eigenvalue weighted by Crippen LogP contribution is -2.34. The van der Waals surface area contributed by atoms with Gasteiger partial charge in [0, 0.05) is 12.6 Å². The molecule has 0 aliphatic carbocycles. The molecule has 6 nitrogen and oxygen atoms in total. The Morgan fingerprint density at radius 1 is 1.04 bits per heavy atom. The molecule has 0 bridgehead atoms. The van der Waals surface area contributed by atoms with Crippen molar-refractivity contribution in [2.24, 2.45) is 0 Å². The highest BCUT2D eigenvalue weighted by Gasteiger charge is 2.27. The van der Waals surface area contributed by atoms with Crippen LogP contribution in [0.25, 0.3) is 16.7 Å². The van der Waals surface area contributed by atoms with Crippen molar-refractivity contribution in [2.75, 3.05) is 11.4 Å². The average Bonchev–Trinajstić information content (AvgIpc) is 3.36. The quantitative estimate of drug-likeness (QED) is 0.598. The molecule has 0 spiro atoms. The summed E-state index contributed by atoms with van der Waals surface area (Å²) in [5.74, 6) is 0.633. The maximum absolute atomic E-state index is 12.7. The number of nitrogens with one attached hydrogen (secondary N) is 1. The Labute approximate surface area is 162 Å². The third-order valence-electron chi connectivity index (χ3n) is 5.39. The Morgan fingerprint density at radius 3 is 2.57 bits per heavy atom. The Hall–Kier alpha value is -3.41. The molecule has 1 aliphatic heterocycles. The highest BCUT2D eigenvalue weighted by Crippen LogP contribution is 2.26. The molecule has 0 radical (unpaired) electrons. The van der Waals surface area contributed by atoms with Crippen LogP contribution in [-0.2, 0) is 6.42 Å². The van der Waals surface area contributed by atoms with Crippen LogP contribution in [0.15, 0.2) is 71.7 Å². The predicted molar refractivity (Wildman–Crippen MR) is 110 cm³/mol. The van der Waals surface area contributed by atoms with E-state index in [1.165, 1.54) is 5.56 Å². The zero-order chi connectivity index (χ0) is 18.9. The highest BCUT2D eigenvalue weighted by atomic mass is 16.1. The van der Waals surface area contributed by atoms with E-state index in [1.807, 2.05) is 36.4 Å². The van der Waals surface area contributed by atoms with E-state index >= 15 is 0 Å². The molecule has 5 rings (SSSR count). The first-order chi connectivity index (χ1) is 13.8. The van der Waals surface area contributed by atoms with Gasteiger partial charge in [-0.05, 0) is 37.0 Å².